The number of carbonyl (C=O) groups is 1. The third-order valence-electron chi connectivity index (χ3n) is 3.87. The molecule has 1 saturated carbocycles. The van der Waals surface area contributed by atoms with Crippen LogP contribution in [0.1, 0.15) is 40.5 Å². The van der Waals surface area contributed by atoms with E-state index < -0.39 is 5.60 Å². The molecule has 0 aromatic rings. The van der Waals surface area contributed by atoms with E-state index in [0.29, 0.717) is 25.8 Å². The summed E-state index contributed by atoms with van der Waals surface area (Å²) in [6.45, 7) is 10.6. The van der Waals surface area contributed by atoms with Crippen LogP contribution in [0.15, 0.2) is 0 Å². The fourth-order valence-electron chi connectivity index (χ4n) is 2.76. The van der Waals surface area contributed by atoms with E-state index in [1.807, 2.05) is 25.7 Å². The maximum absolute atomic E-state index is 12.2. The van der Waals surface area contributed by atoms with Crippen molar-refractivity contribution in [3.05, 3.63) is 0 Å². The summed E-state index contributed by atoms with van der Waals surface area (Å²) in [6.07, 6.45) is 2.25. The molecule has 5 nitrogen and oxygen atoms in total. The summed E-state index contributed by atoms with van der Waals surface area (Å²) in [5.74, 6) is 0.831. The zero-order valence-corrected chi connectivity index (χ0v) is 13.1. The Kier molecular flexibility index (Phi) is 4.91. The van der Waals surface area contributed by atoms with E-state index in [-0.39, 0.29) is 12.1 Å². The maximum atomic E-state index is 12.2. The molecule has 0 aromatic heterocycles. The van der Waals surface area contributed by atoms with Gasteiger partial charge in [0.25, 0.3) is 0 Å². The summed E-state index contributed by atoms with van der Waals surface area (Å²) < 4.78 is 11.0. The molecule has 5 heteroatoms. The van der Waals surface area contributed by atoms with Crippen molar-refractivity contribution >= 4 is 6.09 Å². The Labute approximate surface area is 122 Å². The third kappa shape index (κ3) is 4.35. The van der Waals surface area contributed by atoms with E-state index >= 15 is 0 Å². The predicted octanol–water partition coefficient (Wildman–Crippen LogP) is 2.01. The standard InChI is InChI=1S/C15H28N2O3/c1-11-7-12(8-11)16-9-13-10-19-6-5-17(13)14(18)20-15(2,3)4/h11-13,16H,5-10H2,1-4H3. The first-order valence-corrected chi connectivity index (χ1v) is 7.66. The fraction of sp³-hybridized carbons (Fsp3) is 0.933. The van der Waals surface area contributed by atoms with E-state index in [9.17, 15) is 4.79 Å². The zero-order valence-electron chi connectivity index (χ0n) is 13.1. The van der Waals surface area contributed by atoms with E-state index in [4.69, 9.17) is 9.47 Å². The second-order valence-electron chi connectivity index (χ2n) is 7.08. The predicted molar refractivity (Wildman–Crippen MR) is 77.7 cm³/mol. The molecule has 2 rings (SSSR count). The molecule has 0 aromatic carbocycles. The summed E-state index contributed by atoms with van der Waals surface area (Å²) in [5.41, 5.74) is -0.448. The van der Waals surface area contributed by atoms with Gasteiger partial charge in [-0.3, -0.25) is 4.90 Å². The van der Waals surface area contributed by atoms with Crippen LogP contribution < -0.4 is 5.32 Å². The van der Waals surface area contributed by atoms with Gasteiger partial charge < -0.3 is 14.8 Å². The lowest BCUT2D eigenvalue weighted by molar-refractivity contribution is -0.0330. The van der Waals surface area contributed by atoms with Crippen molar-refractivity contribution < 1.29 is 14.3 Å². The summed E-state index contributed by atoms with van der Waals surface area (Å²) in [4.78, 5) is 14.0. The first-order chi connectivity index (χ1) is 9.35. The number of hydrogen-bond acceptors (Lipinski definition) is 4. The van der Waals surface area contributed by atoms with Crippen molar-refractivity contribution in [2.75, 3.05) is 26.3 Å². The first-order valence-electron chi connectivity index (χ1n) is 7.66. The number of amides is 1. The van der Waals surface area contributed by atoms with Gasteiger partial charge in [0.2, 0.25) is 0 Å². The van der Waals surface area contributed by atoms with Crippen LogP contribution in [0.3, 0.4) is 0 Å². The van der Waals surface area contributed by atoms with Crippen LogP contribution in [0.25, 0.3) is 0 Å². The van der Waals surface area contributed by atoms with Crippen LogP contribution >= 0.6 is 0 Å². The number of hydrogen-bond donors (Lipinski definition) is 1. The number of nitrogens with one attached hydrogen (secondary N) is 1. The lowest BCUT2D eigenvalue weighted by Gasteiger charge is -2.39. The molecular formula is C15H28N2O3. The van der Waals surface area contributed by atoms with Gasteiger partial charge in [0, 0.05) is 19.1 Å². The van der Waals surface area contributed by atoms with Crippen LogP contribution in [-0.2, 0) is 9.47 Å². The molecule has 20 heavy (non-hydrogen) atoms. The first kappa shape index (κ1) is 15.6. The number of rotatable bonds is 3. The molecule has 0 bridgehead atoms. The Hall–Kier alpha value is -0.810. The van der Waals surface area contributed by atoms with Crippen LogP contribution in [0.2, 0.25) is 0 Å². The Morgan fingerprint density at radius 3 is 2.70 bits per heavy atom. The smallest absolute Gasteiger partial charge is 0.410 e. The molecular weight excluding hydrogens is 256 g/mol. The maximum Gasteiger partial charge on any atom is 0.410 e. The Balaban J connectivity index is 1.83. The normalized spacial score (nSPS) is 30.8. The molecule has 1 aliphatic heterocycles. The van der Waals surface area contributed by atoms with Crippen LogP contribution in [0.5, 0.6) is 0 Å². The van der Waals surface area contributed by atoms with E-state index in [1.165, 1.54) is 12.8 Å². The van der Waals surface area contributed by atoms with Crippen molar-refractivity contribution in [1.82, 2.24) is 10.2 Å². The van der Waals surface area contributed by atoms with Crippen LogP contribution in [-0.4, -0.2) is 55.0 Å². The van der Waals surface area contributed by atoms with Crippen LogP contribution in [0, 0.1) is 5.92 Å². The lowest BCUT2D eigenvalue weighted by Crippen LogP contribution is -2.56. The highest BCUT2D eigenvalue weighted by Gasteiger charge is 2.32. The highest BCUT2D eigenvalue weighted by molar-refractivity contribution is 5.68. The highest BCUT2D eigenvalue weighted by atomic mass is 16.6. The van der Waals surface area contributed by atoms with Gasteiger partial charge in [0.15, 0.2) is 0 Å². The molecule has 0 radical (unpaired) electrons. The molecule has 1 atom stereocenters. The van der Waals surface area contributed by atoms with Crippen molar-refractivity contribution in [2.45, 2.75) is 58.2 Å². The van der Waals surface area contributed by atoms with Crippen molar-refractivity contribution in [3.63, 3.8) is 0 Å². The molecule has 1 amide bonds. The van der Waals surface area contributed by atoms with Gasteiger partial charge in [-0.2, -0.15) is 0 Å². The third-order valence-corrected chi connectivity index (χ3v) is 3.87. The molecule has 1 heterocycles. The summed E-state index contributed by atoms with van der Waals surface area (Å²) >= 11 is 0. The molecule has 1 N–H and O–H groups in total. The fourth-order valence-corrected chi connectivity index (χ4v) is 2.76. The minimum Gasteiger partial charge on any atom is -0.444 e. The average Bonchev–Trinajstić information content (AvgIpc) is 2.31. The summed E-state index contributed by atoms with van der Waals surface area (Å²) in [7, 11) is 0. The zero-order chi connectivity index (χ0) is 14.8. The minimum atomic E-state index is -0.448. The Morgan fingerprint density at radius 2 is 2.10 bits per heavy atom. The second kappa shape index (κ2) is 6.31. The quantitative estimate of drug-likeness (QED) is 0.861. The van der Waals surface area contributed by atoms with E-state index in [0.717, 1.165) is 12.5 Å². The second-order valence-corrected chi connectivity index (χ2v) is 7.08. The van der Waals surface area contributed by atoms with E-state index in [2.05, 4.69) is 12.2 Å². The van der Waals surface area contributed by atoms with Crippen molar-refractivity contribution in [3.8, 4) is 0 Å². The monoisotopic (exact) mass is 284 g/mol. The lowest BCUT2D eigenvalue weighted by atomic mass is 9.82. The SMILES string of the molecule is CC1CC(NCC2COCCN2C(=O)OC(C)(C)C)C1. The van der Waals surface area contributed by atoms with Gasteiger partial charge in [-0.05, 0) is 39.5 Å². The van der Waals surface area contributed by atoms with E-state index in [1.54, 1.807) is 0 Å². The van der Waals surface area contributed by atoms with Crippen molar-refractivity contribution in [1.29, 1.82) is 0 Å². The number of morpholine rings is 1. The molecule has 1 aliphatic carbocycles. The van der Waals surface area contributed by atoms with Gasteiger partial charge in [-0.25, -0.2) is 4.79 Å². The molecule has 2 aliphatic rings. The van der Waals surface area contributed by atoms with Crippen molar-refractivity contribution in [2.24, 2.45) is 5.92 Å². The number of ether oxygens (including phenoxy) is 2. The molecule has 2 fully saturated rings. The van der Waals surface area contributed by atoms with Gasteiger partial charge >= 0.3 is 6.09 Å². The molecule has 116 valence electrons. The topological polar surface area (TPSA) is 50.8 Å². The van der Waals surface area contributed by atoms with Crippen LogP contribution in [0.4, 0.5) is 4.79 Å². The summed E-state index contributed by atoms with van der Waals surface area (Å²) in [6, 6.07) is 0.682. The minimum absolute atomic E-state index is 0.0782. The number of carbonyl (C=O) groups excluding carboxylic acids is 1. The highest BCUT2D eigenvalue weighted by Crippen LogP contribution is 2.26. The Bertz CT molecular complexity index is 335. The molecule has 1 saturated heterocycles. The van der Waals surface area contributed by atoms with Gasteiger partial charge in [-0.1, -0.05) is 6.92 Å². The largest absolute Gasteiger partial charge is 0.444 e. The van der Waals surface area contributed by atoms with Gasteiger partial charge in [0.1, 0.15) is 5.60 Å². The van der Waals surface area contributed by atoms with Gasteiger partial charge in [-0.15, -0.1) is 0 Å². The Morgan fingerprint density at radius 1 is 1.40 bits per heavy atom. The number of nitrogens with zero attached hydrogens (tertiary/aromatic N) is 1. The average molecular weight is 284 g/mol. The molecule has 0 spiro atoms. The summed E-state index contributed by atoms with van der Waals surface area (Å²) in [5, 5.41) is 3.54. The molecule has 1 unspecified atom stereocenters. The van der Waals surface area contributed by atoms with Gasteiger partial charge in [0.05, 0.1) is 19.3 Å².